The topological polar surface area (TPSA) is 68.4 Å². The third-order valence-electron chi connectivity index (χ3n) is 2.91. The molecule has 20 heavy (non-hydrogen) atoms. The number of rotatable bonds is 6. The number of nitrogens with zero attached hydrogens (tertiary/aromatic N) is 1. The molecule has 0 bridgehead atoms. The highest BCUT2D eigenvalue weighted by atomic mass is 35.5. The van der Waals surface area contributed by atoms with Crippen LogP contribution in [0.3, 0.4) is 0 Å². The zero-order valence-electron chi connectivity index (χ0n) is 10.9. The summed E-state index contributed by atoms with van der Waals surface area (Å²) in [6.07, 6.45) is 2.90. The Morgan fingerprint density at radius 1 is 1.25 bits per heavy atom. The molecule has 2 atom stereocenters. The number of aliphatic hydroxyl groups is 1. The Morgan fingerprint density at radius 2 is 2.00 bits per heavy atom. The van der Waals surface area contributed by atoms with Crippen LogP contribution in [0.5, 0.6) is 5.75 Å². The highest BCUT2D eigenvalue weighted by Gasteiger charge is 2.16. The molecule has 2 rings (SSSR count). The predicted octanol–water partition coefficient (Wildman–Crippen LogP) is 2.04. The van der Waals surface area contributed by atoms with Crippen molar-refractivity contribution in [1.29, 1.82) is 0 Å². The van der Waals surface area contributed by atoms with Crippen LogP contribution in [0.4, 0.5) is 0 Å². The second kappa shape index (κ2) is 7.24. The van der Waals surface area contributed by atoms with E-state index in [0.717, 1.165) is 5.56 Å². The summed E-state index contributed by atoms with van der Waals surface area (Å²) in [6.45, 7) is 0.107. The first-order valence-electron chi connectivity index (χ1n) is 6.36. The standard InChI is InChI=1S/C15H17ClN2O2/c16-12-7-13(9-18-8-12)20-10-15(19)14(17)6-11-4-2-1-3-5-11/h1-5,7-9,14-15,19H,6,10,17H2. The van der Waals surface area contributed by atoms with E-state index in [2.05, 4.69) is 4.98 Å². The van der Waals surface area contributed by atoms with Crippen LogP contribution < -0.4 is 10.5 Å². The van der Waals surface area contributed by atoms with E-state index in [9.17, 15) is 5.11 Å². The molecule has 106 valence electrons. The van der Waals surface area contributed by atoms with Crippen LogP contribution in [-0.4, -0.2) is 28.8 Å². The summed E-state index contributed by atoms with van der Waals surface area (Å²) in [5, 5.41) is 10.5. The molecular formula is C15H17ClN2O2. The number of hydrogen-bond donors (Lipinski definition) is 2. The molecule has 0 spiro atoms. The Bertz CT molecular complexity index is 536. The molecule has 0 aliphatic rings. The van der Waals surface area contributed by atoms with Gasteiger partial charge in [0.15, 0.2) is 0 Å². The van der Waals surface area contributed by atoms with Gasteiger partial charge in [0.2, 0.25) is 0 Å². The quantitative estimate of drug-likeness (QED) is 0.855. The number of hydrogen-bond acceptors (Lipinski definition) is 4. The first-order chi connectivity index (χ1) is 9.65. The SMILES string of the molecule is NC(Cc1ccccc1)C(O)COc1cncc(Cl)c1. The maximum absolute atomic E-state index is 10.0. The first-order valence-corrected chi connectivity index (χ1v) is 6.74. The van der Waals surface area contributed by atoms with E-state index in [1.807, 2.05) is 30.3 Å². The van der Waals surface area contributed by atoms with Crippen LogP contribution in [0, 0.1) is 0 Å². The van der Waals surface area contributed by atoms with Crippen molar-refractivity contribution >= 4 is 11.6 Å². The van der Waals surface area contributed by atoms with Gasteiger partial charge in [-0.2, -0.15) is 0 Å². The van der Waals surface area contributed by atoms with Crippen molar-refractivity contribution in [3.8, 4) is 5.75 Å². The smallest absolute Gasteiger partial charge is 0.139 e. The molecule has 0 radical (unpaired) electrons. The maximum Gasteiger partial charge on any atom is 0.139 e. The third kappa shape index (κ3) is 4.49. The number of benzene rings is 1. The van der Waals surface area contributed by atoms with E-state index >= 15 is 0 Å². The minimum atomic E-state index is -0.755. The van der Waals surface area contributed by atoms with E-state index in [-0.39, 0.29) is 12.6 Å². The summed E-state index contributed by atoms with van der Waals surface area (Å²) in [5.74, 6) is 0.517. The van der Waals surface area contributed by atoms with Gasteiger partial charge < -0.3 is 15.6 Å². The number of halogens is 1. The van der Waals surface area contributed by atoms with Crippen LogP contribution in [-0.2, 0) is 6.42 Å². The lowest BCUT2D eigenvalue weighted by Crippen LogP contribution is -2.40. The minimum absolute atomic E-state index is 0.107. The van der Waals surface area contributed by atoms with Crippen molar-refractivity contribution in [2.75, 3.05) is 6.61 Å². The molecule has 2 unspecified atom stereocenters. The molecule has 0 saturated carbocycles. The largest absolute Gasteiger partial charge is 0.489 e. The molecule has 5 heteroatoms. The molecule has 3 N–H and O–H groups in total. The number of aliphatic hydroxyl groups excluding tert-OH is 1. The molecule has 1 heterocycles. The summed E-state index contributed by atoms with van der Waals surface area (Å²) in [4.78, 5) is 3.90. The zero-order chi connectivity index (χ0) is 14.4. The van der Waals surface area contributed by atoms with Gasteiger partial charge in [-0.05, 0) is 12.0 Å². The molecule has 0 amide bonds. The number of aromatic nitrogens is 1. The lowest BCUT2D eigenvalue weighted by Gasteiger charge is -2.19. The molecule has 0 fully saturated rings. The highest BCUT2D eigenvalue weighted by Crippen LogP contribution is 2.15. The van der Waals surface area contributed by atoms with Crippen LogP contribution in [0.15, 0.2) is 48.8 Å². The average Bonchev–Trinajstić information content (AvgIpc) is 2.46. The second-order valence-electron chi connectivity index (χ2n) is 4.57. The second-order valence-corrected chi connectivity index (χ2v) is 5.01. The van der Waals surface area contributed by atoms with Crippen LogP contribution >= 0.6 is 11.6 Å². The predicted molar refractivity (Wildman–Crippen MR) is 78.9 cm³/mol. The maximum atomic E-state index is 10.0. The van der Waals surface area contributed by atoms with Gasteiger partial charge in [0.05, 0.1) is 11.2 Å². The first kappa shape index (κ1) is 14.8. The van der Waals surface area contributed by atoms with Gasteiger partial charge in [0.25, 0.3) is 0 Å². The van der Waals surface area contributed by atoms with Gasteiger partial charge >= 0.3 is 0 Å². The van der Waals surface area contributed by atoms with E-state index in [0.29, 0.717) is 17.2 Å². The van der Waals surface area contributed by atoms with Crippen molar-refractivity contribution in [3.63, 3.8) is 0 Å². The van der Waals surface area contributed by atoms with E-state index in [1.165, 1.54) is 6.20 Å². The number of ether oxygens (including phenoxy) is 1. The molecule has 0 aliphatic carbocycles. The van der Waals surface area contributed by atoms with Crippen molar-refractivity contribution in [3.05, 3.63) is 59.4 Å². The van der Waals surface area contributed by atoms with Crippen molar-refractivity contribution in [2.45, 2.75) is 18.6 Å². The fraction of sp³-hybridized carbons (Fsp3) is 0.267. The lowest BCUT2D eigenvalue weighted by atomic mass is 10.0. The van der Waals surface area contributed by atoms with Gasteiger partial charge in [0, 0.05) is 18.3 Å². The zero-order valence-corrected chi connectivity index (χ0v) is 11.7. The van der Waals surface area contributed by atoms with Crippen LogP contribution in [0.25, 0.3) is 0 Å². The molecule has 4 nitrogen and oxygen atoms in total. The summed E-state index contributed by atoms with van der Waals surface area (Å²) in [6, 6.07) is 11.1. The van der Waals surface area contributed by atoms with Crippen molar-refractivity contribution in [1.82, 2.24) is 4.98 Å². The average molecular weight is 293 g/mol. The summed E-state index contributed by atoms with van der Waals surface area (Å²) in [7, 11) is 0. The number of pyridine rings is 1. The van der Waals surface area contributed by atoms with Crippen LogP contribution in [0.2, 0.25) is 5.02 Å². The van der Waals surface area contributed by atoms with E-state index < -0.39 is 6.10 Å². The van der Waals surface area contributed by atoms with E-state index in [4.69, 9.17) is 22.1 Å². The molecule has 2 aromatic rings. The Balaban J connectivity index is 1.83. The molecule has 1 aromatic heterocycles. The molecular weight excluding hydrogens is 276 g/mol. The van der Waals surface area contributed by atoms with E-state index in [1.54, 1.807) is 12.3 Å². The Kier molecular flexibility index (Phi) is 5.35. The monoisotopic (exact) mass is 292 g/mol. The van der Waals surface area contributed by atoms with Crippen LogP contribution in [0.1, 0.15) is 5.56 Å². The number of nitrogens with two attached hydrogens (primary N) is 1. The van der Waals surface area contributed by atoms with Gasteiger partial charge in [-0.15, -0.1) is 0 Å². The molecule has 1 aromatic carbocycles. The fourth-order valence-corrected chi connectivity index (χ4v) is 1.96. The van der Waals surface area contributed by atoms with Crippen molar-refractivity contribution in [2.24, 2.45) is 5.73 Å². The van der Waals surface area contributed by atoms with Gasteiger partial charge in [-0.1, -0.05) is 41.9 Å². The normalized spacial score (nSPS) is 13.8. The molecule has 0 saturated heterocycles. The molecule has 0 aliphatic heterocycles. The lowest BCUT2D eigenvalue weighted by molar-refractivity contribution is 0.0850. The Labute approximate surface area is 123 Å². The Morgan fingerprint density at radius 3 is 2.70 bits per heavy atom. The summed E-state index contributed by atoms with van der Waals surface area (Å²) >= 11 is 5.80. The Hall–Kier alpha value is -1.62. The minimum Gasteiger partial charge on any atom is -0.489 e. The fourth-order valence-electron chi connectivity index (χ4n) is 1.80. The summed E-state index contributed by atoms with van der Waals surface area (Å²) < 4.78 is 5.43. The highest BCUT2D eigenvalue weighted by molar-refractivity contribution is 6.30. The third-order valence-corrected chi connectivity index (χ3v) is 3.12. The van der Waals surface area contributed by atoms with Crippen molar-refractivity contribution < 1.29 is 9.84 Å². The van der Waals surface area contributed by atoms with Gasteiger partial charge in [-0.3, -0.25) is 4.98 Å². The van der Waals surface area contributed by atoms with Gasteiger partial charge in [0.1, 0.15) is 18.5 Å². The summed E-state index contributed by atoms with van der Waals surface area (Å²) in [5.41, 5.74) is 7.06. The van der Waals surface area contributed by atoms with Gasteiger partial charge in [-0.25, -0.2) is 0 Å².